The molecule has 2 aromatic heterocycles. The molecule has 0 aliphatic carbocycles. The lowest BCUT2D eigenvalue weighted by atomic mass is 10.2. The number of aromatic nitrogens is 2. The molecule has 0 aliphatic rings. The number of pyridine rings is 2. The average molecular weight is 263 g/mol. The van der Waals surface area contributed by atoms with Crippen LogP contribution >= 0.6 is 11.6 Å². The van der Waals surface area contributed by atoms with Crippen molar-refractivity contribution in [2.45, 2.75) is 6.54 Å². The Kier molecular flexibility index (Phi) is 3.86. The van der Waals surface area contributed by atoms with Gasteiger partial charge in [-0.3, -0.25) is 9.78 Å². The van der Waals surface area contributed by atoms with E-state index in [9.17, 15) is 4.79 Å². The molecule has 0 saturated heterocycles. The first-order chi connectivity index (χ1) is 8.69. The van der Waals surface area contributed by atoms with Crippen LogP contribution in [0.25, 0.3) is 0 Å². The maximum atomic E-state index is 12.0. The second kappa shape index (κ2) is 5.57. The largest absolute Gasteiger partial charge is 0.325 e. The van der Waals surface area contributed by atoms with Crippen LogP contribution in [0, 0.1) is 0 Å². The highest BCUT2D eigenvalue weighted by atomic mass is 35.5. The molecule has 2 aromatic rings. The van der Waals surface area contributed by atoms with Crippen LogP contribution in [0.4, 0.5) is 5.69 Å². The van der Waals surface area contributed by atoms with Gasteiger partial charge >= 0.3 is 0 Å². The first-order valence-electron chi connectivity index (χ1n) is 5.27. The molecular weight excluding hydrogens is 252 g/mol. The highest BCUT2D eigenvalue weighted by Crippen LogP contribution is 2.13. The van der Waals surface area contributed by atoms with E-state index < -0.39 is 0 Å². The smallest absolute Gasteiger partial charge is 0.255 e. The molecule has 0 unspecified atom stereocenters. The first-order valence-corrected chi connectivity index (χ1v) is 5.65. The standard InChI is InChI=1S/C12H11ClN4O/c13-11-6-9(2-4-16-11)17-12(18)8-1-3-15-10(5-8)7-14/h1-6H,7,14H2,(H,16,17,18). The number of nitrogens with two attached hydrogens (primary N) is 1. The minimum absolute atomic E-state index is 0.241. The molecule has 92 valence electrons. The zero-order valence-electron chi connectivity index (χ0n) is 9.43. The summed E-state index contributed by atoms with van der Waals surface area (Å²) in [5, 5.41) is 3.04. The summed E-state index contributed by atoms with van der Waals surface area (Å²) in [5.41, 5.74) is 7.22. The van der Waals surface area contributed by atoms with E-state index in [2.05, 4.69) is 15.3 Å². The van der Waals surface area contributed by atoms with Crippen molar-refractivity contribution >= 4 is 23.2 Å². The number of hydrogen-bond donors (Lipinski definition) is 2. The van der Waals surface area contributed by atoms with Crippen LogP contribution in [-0.2, 0) is 6.54 Å². The Morgan fingerprint density at radius 3 is 2.78 bits per heavy atom. The number of rotatable bonds is 3. The Balaban J connectivity index is 2.16. The van der Waals surface area contributed by atoms with Crippen LogP contribution in [0.3, 0.4) is 0 Å². The molecule has 0 aliphatic heterocycles. The van der Waals surface area contributed by atoms with Gasteiger partial charge in [-0.05, 0) is 24.3 Å². The van der Waals surface area contributed by atoms with Gasteiger partial charge in [0.2, 0.25) is 0 Å². The molecule has 5 nitrogen and oxygen atoms in total. The molecule has 0 bridgehead atoms. The van der Waals surface area contributed by atoms with E-state index in [0.717, 1.165) is 0 Å². The van der Waals surface area contributed by atoms with Gasteiger partial charge in [0.15, 0.2) is 0 Å². The second-order valence-electron chi connectivity index (χ2n) is 3.56. The van der Waals surface area contributed by atoms with Crippen LogP contribution in [0.15, 0.2) is 36.7 Å². The monoisotopic (exact) mass is 262 g/mol. The summed E-state index contributed by atoms with van der Waals surface area (Å²) in [6.07, 6.45) is 3.08. The van der Waals surface area contributed by atoms with Crippen molar-refractivity contribution in [3.8, 4) is 0 Å². The summed E-state index contributed by atoms with van der Waals surface area (Å²) in [6.45, 7) is 0.294. The zero-order valence-corrected chi connectivity index (χ0v) is 10.2. The van der Waals surface area contributed by atoms with Crippen LogP contribution in [0.2, 0.25) is 5.15 Å². The fraction of sp³-hybridized carbons (Fsp3) is 0.0833. The molecule has 6 heteroatoms. The Morgan fingerprint density at radius 2 is 2.06 bits per heavy atom. The molecule has 0 spiro atoms. The maximum absolute atomic E-state index is 12.0. The molecule has 0 fully saturated rings. The first kappa shape index (κ1) is 12.5. The van der Waals surface area contributed by atoms with Crippen LogP contribution in [-0.4, -0.2) is 15.9 Å². The SMILES string of the molecule is NCc1cc(C(=O)Nc2ccnc(Cl)c2)ccn1. The topological polar surface area (TPSA) is 80.9 Å². The van der Waals surface area contributed by atoms with Gasteiger partial charge in [-0.1, -0.05) is 11.6 Å². The molecule has 0 saturated carbocycles. The Bertz CT molecular complexity index is 574. The maximum Gasteiger partial charge on any atom is 0.255 e. The van der Waals surface area contributed by atoms with Crippen molar-refractivity contribution in [3.63, 3.8) is 0 Å². The summed E-state index contributed by atoms with van der Waals surface area (Å²) in [4.78, 5) is 19.8. The molecule has 18 heavy (non-hydrogen) atoms. The van der Waals surface area contributed by atoms with E-state index in [4.69, 9.17) is 17.3 Å². The lowest BCUT2D eigenvalue weighted by Crippen LogP contribution is -2.13. The van der Waals surface area contributed by atoms with E-state index in [1.807, 2.05) is 0 Å². The summed E-state index contributed by atoms with van der Waals surface area (Å²) >= 11 is 5.73. The number of nitrogens with one attached hydrogen (secondary N) is 1. The lowest BCUT2D eigenvalue weighted by Gasteiger charge is -2.06. The Labute approximate surface area is 109 Å². The minimum atomic E-state index is -0.241. The molecule has 0 radical (unpaired) electrons. The molecule has 0 atom stereocenters. The number of carbonyl (C=O) groups excluding carboxylic acids is 1. The van der Waals surface area contributed by atoms with E-state index >= 15 is 0 Å². The van der Waals surface area contributed by atoms with Gasteiger partial charge in [-0.2, -0.15) is 0 Å². The summed E-state index contributed by atoms with van der Waals surface area (Å²) in [6, 6.07) is 6.51. The van der Waals surface area contributed by atoms with E-state index in [1.165, 1.54) is 6.20 Å². The van der Waals surface area contributed by atoms with Crippen molar-refractivity contribution in [1.29, 1.82) is 0 Å². The van der Waals surface area contributed by atoms with Crippen LogP contribution in [0.5, 0.6) is 0 Å². The lowest BCUT2D eigenvalue weighted by molar-refractivity contribution is 0.102. The summed E-state index contributed by atoms with van der Waals surface area (Å²) in [7, 11) is 0. The Morgan fingerprint density at radius 1 is 1.28 bits per heavy atom. The third-order valence-electron chi connectivity index (χ3n) is 2.27. The van der Waals surface area contributed by atoms with Crippen molar-refractivity contribution < 1.29 is 4.79 Å². The van der Waals surface area contributed by atoms with Gasteiger partial charge in [0.05, 0.1) is 5.69 Å². The zero-order chi connectivity index (χ0) is 13.0. The van der Waals surface area contributed by atoms with E-state index in [0.29, 0.717) is 28.6 Å². The highest BCUT2D eigenvalue weighted by Gasteiger charge is 2.07. The van der Waals surface area contributed by atoms with Gasteiger partial charge in [0.25, 0.3) is 5.91 Å². The molecule has 3 N–H and O–H groups in total. The van der Waals surface area contributed by atoms with Crippen molar-refractivity contribution in [1.82, 2.24) is 9.97 Å². The predicted molar refractivity (Wildman–Crippen MR) is 69.3 cm³/mol. The average Bonchev–Trinajstić information content (AvgIpc) is 2.39. The quantitative estimate of drug-likeness (QED) is 0.827. The van der Waals surface area contributed by atoms with Gasteiger partial charge < -0.3 is 11.1 Å². The van der Waals surface area contributed by atoms with Gasteiger partial charge in [0, 0.05) is 30.2 Å². The number of anilines is 1. The second-order valence-corrected chi connectivity index (χ2v) is 3.95. The van der Waals surface area contributed by atoms with Gasteiger partial charge in [0.1, 0.15) is 5.15 Å². The number of hydrogen-bond acceptors (Lipinski definition) is 4. The summed E-state index contributed by atoms with van der Waals surface area (Å²) < 4.78 is 0. The Hall–Kier alpha value is -1.98. The van der Waals surface area contributed by atoms with Crippen molar-refractivity contribution in [2.24, 2.45) is 5.73 Å². The van der Waals surface area contributed by atoms with Gasteiger partial charge in [-0.15, -0.1) is 0 Å². The van der Waals surface area contributed by atoms with E-state index in [-0.39, 0.29) is 5.91 Å². The van der Waals surface area contributed by atoms with Crippen molar-refractivity contribution in [3.05, 3.63) is 53.1 Å². The summed E-state index contributed by atoms with van der Waals surface area (Å²) in [5.74, 6) is -0.241. The van der Waals surface area contributed by atoms with Gasteiger partial charge in [-0.25, -0.2) is 4.98 Å². The highest BCUT2D eigenvalue weighted by molar-refractivity contribution is 6.29. The molecule has 0 aromatic carbocycles. The number of halogens is 1. The van der Waals surface area contributed by atoms with Crippen molar-refractivity contribution in [2.75, 3.05) is 5.32 Å². The molecule has 1 amide bonds. The third kappa shape index (κ3) is 3.03. The molecule has 2 rings (SSSR count). The van der Waals surface area contributed by atoms with E-state index in [1.54, 1.807) is 30.5 Å². The fourth-order valence-corrected chi connectivity index (χ4v) is 1.59. The van der Waals surface area contributed by atoms with Crippen LogP contribution < -0.4 is 11.1 Å². The number of nitrogens with zero attached hydrogens (tertiary/aromatic N) is 2. The number of amides is 1. The predicted octanol–water partition coefficient (Wildman–Crippen LogP) is 1.84. The van der Waals surface area contributed by atoms with Crippen LogP contribution in [0.1, 0.15) is 16.1 Å². The number of carbonyl (C=O) groups is 1. The molecule has 2 heterocycles. The third-order valence-corrected chi connectivity index (χ3v) is 2.48. The fourth-order valence-electron chi connectivity index (χ4n) is 1.41. The normalized spacial score (nSPS) is 10.1. The molecular formula is C12H11ClN4O. The minimum Gasteiger partial charge on any atom is -0.325 e.